The number of rotatable bonds is 5. The summed E-state index contributed by atoms with van der Waals surface area (Å²) < 4.78 is 18.7. The smallest absolute Gasteiger partial charge is 0.177 e. The Balaban J connectivity index is 2.23. The molecule has 2 rings (SSSR count). The molecule has 0 unspecified atom stereocenters. The quantitative estimate of drug-likeness (QED) is 0.619. The summed E-state index contributed by atoms with van der Waals surface area (Å²) in [5, 5.41) is 0. The Bertz CT molecular complexity index is 635. The first-order valence-electron chi connectivity index (χ1n) is 6.07. The Labute approximate surface area is 116 Å². The van der Waals surface area contributed by atoms with E-state index in [-0.39, 0.29) is 23.5 Å². The molecule has 4 heteroatoms. The highest BCUT2D eigenvalue weighted by molar-refractivity contribution is 6.14. The average molecular weight is 272 g/mol. The van der Waals surface area contributed by atoms with Crippen molar-refractivity contribution in [3.63, 3.8) is 0 Å². The van der Waals surface area contributed by atoms with Crippen LogP contribution in [0.25, 0.3) is 0 Å². The van der Waals surface area contributed by atoms with Gasteiger partial charge in [-0.1, -0.05) is 36.4 Å². The number of benzene rings is 2. The molecule has 0 heterocycles. The lowest BCUT2D eigenvalue weighted by Gasteiger charge is -2.08. The summed E-state index contributed by atoms with van der Waals surface area (Å²) >= 11 is 0. The molecule has 20 heavy (non-hydrogen) atoms. The fraction of sp³-hybridized carbons (Fsp3) is 0.125. The van der Waals surface area contributed by atoms with Crippen LogP contribution in [-0.4, -0.2) is 18.7 Å². The number of carbonyl (C=O) groups is 2. The Hall–Kier alpha value is -2.49. The summed E-state index contributed by atoms with van der Waals surface area (Å²) in [4.78, 5) is 24.0. The molecule has 0 aliphatic rings. The fourth-order valence-electron chi connectivity index (χ4n) is 1.91. The zero-order chi connectivity index (χ0) is 14.5. The number of halogens is 1. The minimum absolute atomic E-state index is 0.135. The molecule has 0 aliphatic heterocycles. The molecule has 3 nitrogen and oxygen atoms in total. The first-order valence-corrected chi connectivity index (χ1v) is 6.07. The van der Waals surface area contributed by atoms with Gasteiger partial charge in [0.05, 0.1) is 19.1 Å². The largest absolute Gasteiger partial charge is 0.496 e. The van der Waals surface area contributed by atoms with Gasteiger partial charge in [0, 0.05) is 5.56 Å². The van der Waals surface area contributed by atoms with Gasteiger partial charge in [0.15, 0.2) is 11.6 Å². The van der Waals surface area contributed by atoms with Gasteiger partial charge in [-0.25, -0.2) is 4.39 Å². The molecule has 0 bridgehead atoms. The van der Waals surface area contributed by atoms with Crippen LogP contribution in [0.1, 0.15) is 27.1 Å². The Morgan fingerprint density at radius 1 is 1.00 bits per heavy atom. The first kappa shape index (κ1) is 13.9. The molecule has 0 radical (unpaired) electrons. The molecule has 102 valence electrons. The van der Waals surface area contributed by atoms with E-state index in [1.165, 1.54) is 25.3 Å². The summed E-state index contributed by atoms with van der Waals surface area (Å²) in [6.45, 7) is 0. The maximum atomic E-state index is 13.7. The van der Waals surface area contributed by atoms with Gasteiger partial charge in [-0.15, -0.1) is 0 Å². The SMILES string of the molecule is COc1cccc(F)c1C(=O)CC(=O)c1ccccc1. The summed E-state index contributed by atoms with van der Waals surface area (Å²) in [7, 11) is 1.35. The van der Waals surface area contributed by atoms with E-state index in [0.29, 0.717) is 5.56 Å². The van der Waals surface area contributed by atoms with Gasteiger partial charge in [0.25, 0.3) is 0 Å². The van der Waals surface area contributed by atoms with Crippen LogP contribution in [0, 0.1) is 5.82 Å². The zero-order valence-electron chi connectivity index (χ0n) is 10.9. The lowest BCUT2D eigenvalue weighted by atomic mass is 10.0. The molecule has 2 aromatic carbocycles. The van der Waals surface area contributed by atoms with Crippen LogP contribution in [0.3, 0.4) is 0 Å². The van der Waals surface area contributed by atoms with Crippen molar-refractivity contribution in [1.29, 1.82) is 0 Å². The lowest BCUT2D eigenvalue weighted by molar-refractivity contribution is 0.0890. The molecular formula is C16H13FO3. The second-order valence-electron chi connectivity index (χ2n) is 4.21. The Kier molecular flexibility index (Phi) is 4.25. The van der Waals surface area contributed by atoms with Gasteiger partial charge in [-0.05, 0) is 12.1 Å². The minimum atomic E-state index is -0.685. The van der Waals surface area contributed by atoms with Gasteiger partial charge in [0.1, 0.15) is 11.6 Å². The summed E-state index contributed by atoms with van der Waals surface area (Å²) in [6, 6.07) is 12.5. The topological polar surface area (TPSA) is 43.4 Å². The van der Waals surface area contributed by atoms with Crippen LogP contribution in [0.4, 0.5) is 4.39 Å². The summed E-state index contributed by atoms with van der Waals surface area (Å²) in [5.74, 6) is -1.49. The van der Waals surface area contributed by atoms with Crippen LogP contribution in [0.5, 0.6) is 5.75 Å². The molecule has 0 saturated carbocycles. The molecule has 2 aromatic rings. The van der Waals surface area contributed by atoms with E-state index in [1.807, 2.05) is 0 Å². The number of hydrogen-bond donors (Lipinski definition) is 0. The molecule has 0 atom stereocenters. The van der Waals surface area contributed by atoms with Gasteiger partial charge in [-0.2, -0.15) is 0 Å². The van der Waals surface area contributed by atoms with Crippen LogP contribution in [0.2, 0.25) is 0 Å². The van der Waals surface area contributed by atoms with E-state index < -0.39 is 11.6 Å². The van der Waals surface area contributed by atoms with Crippen molar-refractivity contribution in [2.45, 2.75) is 6.42 Å². The minimum Gasteiger partial charge on any atom is -0.496 e. The number of ether oxygens (including phenoxy) is 1. The van der Waals surface area contributed by atoms with Crippen molar-refractivity contribution in [3.8, 4) is 5.75 Å². The van der Waals surface area contributed by atoms with Gasteiger partial charge >= 0.3 is 0 Å². The fourth-order valence-corrected chi connectivity index (χ4v) is 1.91. The molecule has 0 aromatic heterocycles. The van der Waals surface area contributed by atoms with E-state index in [9.17, 15) is 14.0 Å². The molecular weight excluding hydrogens is 259 g/mol. The molecule has 0 aliphatic carbocycles. The van der Waals surface area contributed by atoms with E-state index >= 15 is 0 Å². The highest BCUT2D eigenvalue weighted by Gasteiger charge is 2.20. The Morgan fingerprint density at radius 2 is 1.70 bits per heavy atom. The second kappa shape index (κ2) is 6.10. The van der Waals surface area contributed by atoms with Crippen LogP contribution >= 0.6 is 0 Å². The van der Waals surface area contributed by atoms with E-state index in [2.05, 4.69) is 0 Å². The summed E-state index contributed by atoms with van der Waals surface area (Å²) in [6.07, 6.45) is -0.388. The zero-order valence-corrected chi connectivity index (χ0v) is 10.9. The standard InChI is InChI=1S/C16H13FO3/c1-20-15-9-5-8-12(17)16(15)14(19)10-13(18)11-6-3-2-4-7-11/h2-9H,10H2,1H3. The molecule has 0 fully saturated rings. The normalized spacial score (nSPS) is 10.1. The maximum absolute atomic E-state index is 13.7. The Morgan fingerprint density at radius 3 is 2.35 bits per heavy atom. The maximum Gasteiger partial charge on any atom is 0.177 e. The van der Waals surface area contributed by atoms with Crippen LogP contribution < -0.4 is 4.74 Å². The predicted octanol–water partition coefficient (Wildman–Crippen LogP) is 3.29. The molecule has 0 saturated heterocycles. The predicted molar refractivity (Wildman–Crippen MR) is 72.7 cm³/mol. The van der Waals surface area contributed by atoms with Crippen molar-refractivity contribution in [2.75, 3.05) is 7.11 Å². The highest BCUT2D eigenvalue weighted by Crippen LogP contribution is 2.23. The van der Waals surface area contributed by atoms with Crippen molar-refractivity contribution in [3.05, 3.63) is 65.5 Å². The number of hydrogen-bond acceptors (Lipinski definition) is 3. The van der Waals surface area contributed by atoms with Crippen molar-refractivity contribution < 1.29 is 18.7 Å². The van der Waals surface area contributed by atoms with Crippen LogP contribution in [0.15, 0.2) is 48.5 Å². The number of methoxy groups -OCH3 is 1. The van der Waals surface area contributed by atoms with Gasteiger partial charge in [-0.3, -0.25) is 9.59 Å². The third-order valence-electron chi connectivity index (χ3n) is 2.89. The first-order chi connectivity index (χ1) is 9.63. The third-order valence-corrected chi connectivity index (χ3v) is 2.89. The average Bonchev–Trinajstić information content (AvgIpc) is 2.47. The van der Waals surface area contributed by atoms with Crippen molar-refractivity contribution in [1.82, 2.24) is 0 Å². The third kappa shape index (κ3) is 2.91. The van der Waals surface area contributed by atoms with E-state index in [0.717, 1.165) is 0 Å². The number of Topliss-reactive ketones (excluding diaryl/α,β-unsaturated/α-hetero) is 2. The molecule has 0 amide bonds. The number of carbonyl (C=O) groups excluding carboxylic acids is 2. The molecule has 0 spiro atoms. The monoisotopic (exact) mass is 272 g/mol. The van der Waals surface area contributed by atoms with Crippen molar-refractivity contribution in [2.24, 2.45) is 0 Å². The van der Waals surface area contributed by atoms with Gasteiger partial charge < -0.3 is 4.74 Å². The lowest BCUT2D eigenvalue weighted by Crippen LogP contribution is -2.11. The van der Waals surface area contributed by atoms with E-state index in [1.54, 1.807) is 30.3 Å². The van der Waals surface area contributed by atoms with Gasteiger partial charge in [0.2, 0.25) is 0 Å². The molecule has 0 N–H and O–H groups in total. The van der Waals surface area contributed by atoms with Crippen molar-refractivity contribution >= 4 is 11.6 Å². The summed E-state index contributed by atoms with van der Waals surface area (Å²) in [5.41, 5.74) is 0.246. The second-order valence-corrected chi connectivity index (χ2v) is 4.21. The highest BCUT2D eigenvalue weighted by atomic mass is 19.1. The van der Waals surface area contributed by atoms with Crippen LogP contribution in [-0.2, 0) is 0 Å². The van der Waals surface area contributed by atoms with E-state index in [4.69, 9.17) is 4.74 Å². The number of ketones is 2.